The average molecular weight is 377 g/mol. The van der Waals surface area contributed by atoms with Crippen molar-refractivity contribution in [2.45, 2.75) is 10.0 Å². The highest BCUT2D eigenvalue weighted by atomic mass is 79.9. The molecule has 0 saturated carbocycles. The summed E-state index contributed by atoms with van der Waals surface area (Å²) in [4.78, 5) is 11.4. The highest BCUT2D eigenvalue weighted by Gasteiger charge is 2.32. The lowest BCUT2D eigenvalue weighted by atomic mass is 10.3. The zero-order valence-corrected chi connectivity index (χ0v) is 12.7. The number of hydrogen-bond donors (Lipinski definition) is 2. The second-order valence-electron chi connectivity index (χ2n) is 3.26. The highest BCUT2D eigenvalue weighted by molar-refractivity contribution is 9.10. The van der Waals surface area contributed by atoms with Gasteiger partial charge in [-0.05, 0) is 18.2 Å². The summed E-state index contributed by atoms with van der Waals surface area (Å²) in [5.74, 6) is -0.100. The predicted octanol–water partition coefficient (Wildman–Crippen LogP) is 2.63. The molecule has 0 bridgehead atoms. The molecule has 0 aliphatic rings. The molecule has 18 heavy (non-hydrogen) atoms. The third-order valence-corrected chi connectivity index (χ3v) is 2.89. The minimum absolute atomic E-state index is 0.297. The molecule has 1 atom stereocenters. The Bertz CT molecular complexity index is 425. The molecule has 0 radical (unpaired) electrons. The summed E-state index contributed by atoms with van der Waals surface area (Å²) in [6, 6.07) is 6.95. The maximum absolute atomic E-state index is 11.4. The third-order valence-electron chi connectivity index (χ3n) is 1.77. The van der Waals surface area contributed by atoms with Crippen molar-refractivity contribution in [3.63, 3.8) is 0 Å². The van der Waals surface area contributed by atoms with Gasteiger partial charge in [0.25, 0.3) is 5.91 Å². The van der Waals surface area contributed by atoms with Crippen LogP contribution in [-0.2, 0) is 4.79 Å². The number of alkyl halides is 3. The van der Waals surface area contributed by atoms with Crippen LogP contribution in [0.5, 0.6) is 5.75 Å². The second-order valence-corrected chi connectivity index (χ2v) is 6.54. The van der Waals surface area contributed by atoms with Crippen molar-refractivity contribution in [1.29, 1.82) is 0 Å². The van der Waals surface area contributed by atoms with Crippen molar-refractivity contribution >= 4 is 56.6 Å². The minimum Gasteiger partial charge on any atom is -0.484 e. The number of carbonyl (C=O) groups excluding carboxylic acids is 1. The van der Waals surface area contributed by atoms with Gasteiger partial charge in [-0.15, -0.1) is 0 Å². The molecule has 1 aromatic carbocycles. The van der Waals surface area contributed by atoms with Gasteiger partial charge in [0.05, 0.1) is 0 Å². The molecular weight excluding hydrogens is 368 g/mol. The van der Waals surface area contributed by atoms with Gasteiger partial charge in [0.2, 0.25) is 3.79 Å². The van der Waals surface area contributed by atoms with Crippen molar-refractivity contribution in [2.75, 3.05) is 6.61 Å². The molecule has 1 unspecified atom stereocenters. The van der Waals surface area contributed by atoms with Gasteiger partial charge >= 0.3 is 0 Å². The number of aliphatic hydroxyl groups is 1. The Labute approximate surface area is 127 Å². The SMILES string of the molecule is O=C(COc1cccc(Br)c1)NC(O)C(Cl)(Cl)Cl. The minimum atomic E-state index is -1.98. The van der Waals surface area contributed by atoms with E-state index >= 15 is 0 Å². The zero-order valence-electron chi connectivity index (χ0n) is 8.87. The maximum Gasteiger partial charge on any atom is 0.260 e. The van der Waals surface area contributed by atoms with E-state index in [-0.39, 0.29) is 6.61 Å². The second kappa shape index (κ2) is 6.82. The summed E-state index contributed by atoms with van der Waals surface area (Å²) < 4.78 is 4.02. The van der Waals surface area contributed by atoms with Crippen molar-refractivity contribution in [2.24, 2.45) is 0 Å². The monoisotopic (exact) mass is 375 g/mol. The number of amides is 1. The molecule has 0 spiro atoms. The quantitative estimate of drug-likeness (QED) is 0.627. The molecule has 4 nitrogen and oxygen atoms in total. The van der Waals surface area contributed by atoms with Gasteiger partial charge < -0.3 is 15.2 Å². The Hall–Kier alpha value is -0.200. The normalized spacial score (nSPS) is 12.9. The van der Waals surface area contributed by atoms with E-state index in [1.165, 1.54) is 0 Å². The topological polar surface area (TPSA) is 58.6 Å². The smallest absolute Gasteiger partial charge is 0.260 e. The molecule has 100 valence electrons. The summed E-state index contributed by atoms with van der Waals surface area (Å²) in [6.45, 7) is -0.297. The summed E-state index contributed by atoms with van der Waals surface area (Å²) in [5.41, 5.74) is 0. The number of benzene rings is 1. The van der Waals surface area contributed by atoms with Gasteiger partial charge in [0, 0.05) is 4.47 Å². The Balaban J connectivity index is 2.42. The van der Waals surface area contributed by atoms with Gasteiger partial charge in [-0.2, -0.15) is 0 Å². The van der Waals surface area contributed by atoms with Crippen LogP contribution in [0.3, 0.4) is 0 Å². The number of ether oxygens (including phenoxy) is 1. The Kier molecular flexibility index (Phi) is 6.01. The molecule has 0 aromatic heterocycles. The van der Waals surface area contributed by atoms with Crippen molar-refractivity contribution in [1.82, 2.24) is 5.32 Å². The molecule has 2 N–H and O–H groups in total. The first-order chi connectivity index (χ1) is 8.29. The van der Waals surface area contributed by atoms with E-state index in [4.69, 9.17) is 39.5 Å². The van der Waals surface area contributed by atoms with Crippen LogP contribution in [-0.4, -0.2) is 27.6 Å². The summed E-state index contributed by atoms with van der Waals surface area (Å²) in [7, 11) is 0. The molecule has 1 amide bonds. The maximum atomic E-state index is 11.4. The fourth-order valence-electron chi connectivity index (χ4n) is 0.982. The van der Waals surface area contributed by atoms with E-state index in [0.717, 1.165) is 4.47 Å². The van der Waals surface area contributed by atoms with Crippen molar-refractivity contribution in [3.8, 4) is 5.75 Å². The van der Waals surface area contributed by atoms with Gasteiger partial charge in [0.1, 0.15) is 5.75 Å². The Morgan fingerprint density at radius 3 is 2.72 bits per heavy atom. The van der Waals surface area contributed by atoms with Crippen LogP contribution in [0.4, 0.5) is 0 Å². The van der Waals surface area contributed by atoms with E-state index in [1.807, 2.05) is 6.07 Å². The van der Waals surface area contributed by atoms with Crippen LogP contribution >= 0.6 is 50.7 Å². The number of carbonyl (C=O) groups is 1. The zero-order chi connectivity index (χ0) is 13.8. The van der Waals surface area contributed by atoms with E-state index in [1.54, 1.807) is 18.2 Å². The van der Waals surface area contributed by atoms with E-state index in [2.05, 4.69) is 21.2 Å². The van der Waals surface area contributed by atoms with Crippen molar-refractivity contribution < 1.29 is 14.6 Å². The summed E-state index contributed by atoms with van der Waals surface area (Å²) in [5, 5.41) is 11.4. The number of rotatable bonds is 4. The fourth-order valence-corrected chi connectivity index (χ4v) is 1.52. The molecule has 1 rings (SSSR count). The lowest BCUT2D eigenvalue weighted by molar-refractivity contribution is -0.126. The Morgan fingerprint density at radius 1 is 1.50 bits per heavy atom. The van der Waals surface area contributed by atoms with Crippen LogP contribution in [0.25, 0.3) is 0 Å². The van der Waals surface area contributed by atoms with Gasteiger partial charge in [-0.25, -0.2) is 0 Å². The van der Waals surface area contributed by atoms with Gasteiger partial charge in [0.15, 0.2) is 12.8 Å². The van der Waals surface area contributed by atoms with E-state index < -0.39 is 15.9 Å². The predicted molar refractivity (Wildman–Crippen MR) is 74.1 cm³/mol. The van der Waals surface area contributed by atoms with Crippen LogP contribution < -0.4 is 10.1 Å². The standard InChI is InChI=1S/C10H9BrCl3NO3/c11-6-2-1-3-7(4-6)18-5-8(16)15-9(17)10(12,13)14/h1-4,9,17H,5H2,(H,15,16). The molecule has 0 aliphatic carbocycles. The number of hydrogen-bond acceptors (Lipinski definition) is 3. The molecule has 1 aromatic rings. The number of nitrogens with one attached hydrogen (secondary N) is 1. The van der Waals surface area contributed by atoms with Crippen LogP contribution in [0.15, 0.2) is 28.7 Å². The average Bonchev–Trinajstić information content (AvgIpc) is 2.25. The summed E-state index contributed by atoms with van der Waals surface area (Å²) in [6.07, 6.45) is -1.60. The molecule has 0 aliphatic heterocycles. The first-order valence-electron chi connectivity index (χ1n) is 4.71. The lowest BCUT2D eigenvalue weighted by Crippen LogP contribution is -2.45. The molecular formula is C10H9BrCl3NO3. The Morgan fingerprint density at radius 2 is 2.17 bits per heavy atom. The van der Waals surface area contributed by atoms with Crippen molar-refractivity contribution in [3.05, 3.63) is 28.7 Å². The van der Waals surface area contributed by atoms with Crippen LogP contribution in [0.2, 0.25) is 0 Å². The van der Waals surface area contributed by atoms with Gasteiger partial charge in [-0.1, -0.05) is 56.8 Å². The first-order valence-corrected chi connectivity index (χ1v) is 6.64. The fraction of sp³-hybridized carbons (Fsp3) is 0.300. The van der Waals surface area contributed by atoms with Crippen LogP contribution in [0, 0.1) is 0 Å². The molecule has 0 heterocycles. The molecule has 0 saturated heterocycles. The first kappa shape index (κ1) is 15.9. The molecule has 0 fully saturated rings. The number of aliphatic hydroxyl groups excluding tert-OH is 1. The summed E-state index contributed by atoms with van der Waals surface area (Å²) >= 11 is 19.4. The third kappa shape index (κ3) is 5.63. The van der Waals surface area contributed by atoms with Crippen LogP contribution in [0.1, 0.15) is 0 Å². The lowest BCUT2D eigenvalue weighted by Gasteiger charge is -2.19. The highest BCUT2D eigenvalue weighted by Crippen LogP contribution is 2.28. The van der Waals surface area contributed by atoms with Gasteiger partial charge in [-0.3, -0.25) is 4.79 Å². The largest absolute Gasteiger partial charge is 0.484 e. The number of halogens is 4. The molecule has 8 heteroatoms. The van der Waals surface area contributed by atoms with E-state index in [9.17, 15) is 9.90 Å². The van der Waals surface area contributed by atoms with E-state index in [0.29, 0.717) is 5.75 Å².